The van der Waals surface area contributed by atoms with Gasteiger partial charge >= 0.3 is 0 Å². The summed E-state index contributed by atoms with van der Waals surface area (Å²) in [5.41, 5.74) is 11.0. The third-order valence-corrected chi connectivity index (χ3v) is 7.31. The maximum atomic E-state index is 6.09. The van der Waals surface area contributed by atoms with E-state index >= 15 is 0 Å². The molecule has 3 N–H and O–H groups in total. The van der Waals surface area contributed by atoms with Gasteiger partial charge in [0.25, 0.3) is 0 Å². The van der Waals surface area contributed by atoms with Gasteiger partial charge in [0, 0.05) is 29.3 Å². The van der Waals surface area contributed by atoms with Gasteiger partial charge in [-0.15, -0.1) is 0 Å². The lowest BCUT2D eigenvalue weighted by Gasteiger charge is -2.38. The molecule has 4 aromatic carbocycles. The van der Waals surface area contributed by atoms with Crippen molar-refractivity contribution in [2.75, 3.05) is 25.3 Å². The summed E-state index contributed by atoms with van der Waals surface area (Å²) in [4.78, 5) is 9.50. The van der Waals surface area contributed by atoms with E-state index < -0.39 is 5.54 Å². The fourth-order valence-electron chi connectivity index (χ4n) is 5.32. The monoisotopic (exact) mass is 538 g/mol. The van der Waals surface area contributed by atoms with Crippen LogP contribution in [0.25, 0.3) is 22.0 Å². The second kappa shape index (κ2) is 11.0. The van der Waals surface area contributed by atoms with Crippen molar-refractivity contribution in [1.82, 2.24) is 9.97 Å². The first-order chi connectivity index (χ1) is 20.1. The predicted octanol–water partition coefficient (Wildman–Crippen LogP) is 7.30. The van der Waals surface area contributed by atoms with E-state index in [0.29, 0.717) is 23.1 Å². The number of anilines is 2. The Balaban J connectivity index is 1.68. The van der Waals surface area contributed by atoms with Crippen molar-refractivity contribution >= 4 is 22.5 Å². The molecule has 0 aliphatic carbocycles. The highest BCUT2D eigenvalue weighted by Crippen LogP contribution is 2.43. The highest BCUT2D eigenvalue weighted by Gasteiger charge is 2.37. The van der Waals surface area contributed by atoms with Gasteiger partial charge in [-0.05, 0) is 40.5 Å². The quantitative estimate of drug-likeness (QED) is 0.198. The van der Waals surface area contributed by atoms with Gasteiger partial charge in [-0.1, -0.05) is 91.0 Å². The van der Waals surface area contributed by atoms with Gasteiger partial charge in [0.1, 0.15) is 28.7 Å². The first-order valence-corrected chi connectivity index (χ1v) is 13.3. The summed E-state index contributed by atoms with van der Waals surface area (Å²) in [5.74, 6) is 2.45. The molecular weight excluding hydrogens is 508 g/mol. The average Bonchev–Trinajstić information content (AvgIpc) is 3.04. The van der Waals surface area contributed by atoms with Crippen molar-refractivity contribution in [2.45, 2.75) is 5.54 Å². The van der Waals surface area contributed by atoms with E-state index in [4.69, 9.17) is 20.2 Å². The Morgan fingerprint density at radius 1 is 0.659 bits per heavy atom. The molecule has 0 fully saturated rings. The molecule has 6 aromatic rings. The summed E-state index contributed by atoms with van der Waals surface area (Å²) in [6.07, 6.45) is 1.75. The van der Waals surface area contributed by atoms with Crippen LogP contribution in [0, 0.1) is 0 Å². The molecule has 6 nitrogen and oxygen atoms in total. The van der Waals surface area contributed by atoms with Crippen LogP contribution in [0.15, 0.2) is 128 Å². The van der Waals surface area contributed by atoms with Crippen molar-refractivity contribution in [3.05, 3.63) is 144 Å². The van der Waals surface area contributed by atoms with E-state index in [1.165, 1.54) is 0 Å². The Bertz CT molecular complexity index is 1670. The Morgan fingerprint density at radius 2 is 1.17 bits per heavy atom. The highest BCUT2D eigenvalue weighted by molar-refractivity contribution is 5.91. The number of benzene rings is 4. The number of nitrogens with zero attached hydrogens (tertiary/aromatic N) is 2. The minimum atomic E-state index is -0.777. The van der Waals surface area contributed by atoms with Crippen LogP contribution in [0.2, 0.25) is 0 Å². The molecule has 0 amide bonds. The van der Waals surface area contributed by atoms with Crippen LogP contribution in [-0.4, -0.2) is 24.2 Å². The van der Waals surface area contributed by atoms with Crippen molar-refractivity contribution in [3.63, 3.8) is 0 Å². The maximum absolute atomic E-state index is 6.09. The van der Waals surface area contributed by atoms with E-state index in [-0.39, 0.29) is 0 Å². The van der Waals surface area contributed by atoms with Crippen LogP contribution in [0.1, 0.15) is 16.7 Å². The Kier molecular flexibility index (Phi) is 6.96. The molecule has 0 aliphatic rings. The van der Waals surface area contributed by atoms with Gasteiger partial charge < -0.3 is 20.5 Å². The Morgan fingerprint density at radius 3 is 1.66 bits per heavy atom. The number of aromatic nitrogens is 2. The molecule has 0 atom stereocenters. The van der Waals surface area contributed by atoms with Crippen LogP contribution in [-0.2, 0) is 5.54 Å². The molecule has 0 aliphatic heterocycles. The standard InChI is InChI=1S/C35H30N4O2/c1-40-29-18-24(19-30(21-29)41-2)31-20-25-23-37-33(36)22-32(25)38-34(31)39-35(26-12-6-3-7-13-26,27-14-8-4-9-15-27)28-16-10-5-11-17-28/h3-23H,1-2H3,(H2,36,37)(H,38,39). The first kappa shape index (κ1) is 25.9. The van der Waals surface area contributed by atoms with Crippen LogP contribution in [0.4, 0.5) is 11.6 Å². The summed E-state index contributed by atoms with van der Waals surface area (Å²) in [6, 6.07) is 41.0. The zero-order valence-electron chi connectivity index (χ0n) is 22.9. The second-order valence-corrected chi connectivity index (χ2v) is 9.76. The summed E-state index contributed by atoms with van der Waals surface area (Å²) >= 11 is 0. The van der Waals surface area contributed by atoms with Gasteiger partial charge in [0.15, 0.2) is 0 Å². The van der Waals surface area contributed by atoms with E-state index in [0.717, 1.165) is 38.7 Å². The van der Waals surface area contributed by atoms with E-state index in [1.807, 2.05) is 36.4 Å². The van der Waals surface area contributed by atoms with E-state index in [2.05, 4.69) is 89.2 Å². The van der Waals surface area contributed by atoms with Gasteiger partial charge in [-0.2, -0.15) is 0 Å². The summed E-state index contributed by atoms with van der Waals surface area (Å²) in [5, 5.41) is 4.81. The molecule has 0 spiro atoms. The normalized spacial score (nSPS) is 11.3. The number of hydrogen-bond donors (Lipinski definition) is 2. The van der Waals surface area contributed by atoms with E-state index in [1.54, 1.807) is 26.5 Å². The average molecular weight is 539 g/mol. The van der Waals surface area contributed by atoms with Crippen LogP contribution in [0.3, 0.4) is 0 Å². The minimum Gasteiger partial charge on any atom is -0.497 e. The SMILES string of the molecule is COc1cc(OC)cc(-c2cc3cnc(N)cc3nc2NC(c2ccccc2)(c2ccccc2)c2ccccc2)c1. The van der Waals surface area contributed by atoms with Gasteiger partial charge in [0.05, 0.1) is 19.7 Å². The number of rotatable bonds is 8. The molecule has 0 unspecified atom stereocenters. The second-order valence-electron chi connectivity index (χ2n) is 9.76. The molecule has 2 heterocycles. The number of pyridine rings is 2. The fraction of sp³-hybridized carbons (Fsp3) is 0.0857. The number of fused-ring (bicyclic) bond motifs is 1. The van der Waals surface area contributed by atoms with Gasteiger partial charge in [-0.3, -0.25) is 0 Å². The lowest BCUT2D eigenvalue weighted by molar-refractivity contribution is 0.394. The van der Waals surface area contributed by atoms with Crippen molar-refractivity contribution in [3.8, 4) is 22.6 Å². The summed E-state index contributed by atoms with van der Waals surface area (Å²) < 4.78 is 11.2. The number of nitrogens with two attached hydrogens (primary N) is 1. The Hall–Kier alpha value is -5.36. The molecule has 6 rings (SSSR count). The molecule has 202 valence electrons. The third kappa shape index (κ3) is 4.92. The lowest BCUT2D eigenvalue weighted by Crippen LogP contribution is -2.38. The van der Waals surface area contributed by atoms with Crippen molar-refractivity contribution < 1.29 is 9.47 Å². The van der Waals surface area contributed by atoms with Crippen LogP contribution < -0.4 is 20.5 Å². The van der Waals surface area contributed by atoms with Crippen molar-refractivity contribution in [1.29, 1.82) is 0 Å². The zero-order valence-corrected chi connectivity index (χ0v) is 22.9. The maximum Gasteiger partial charge on any atom is 0.135 e. The molecule has 0 bridgehead atoms. The highest BCUT2D eigenvalue weighted by atomic mass is 16.5. The largest absolute Gasteiger partial charge is 0.497 e. The van der Waals surface area contributed by atoms with Crippen LogP contribution >= 0.6 is 0 Å². The molecule has 6 heteroatoms. The summed E-state index contributed by atoms with van der Waals surface area (Å²) in [7, 11) is 3.29. The molecular formula is C35H30N4O2. The molecule has 41 heavy (non-hydrogen) atoms. The topological polar surface area (TPSA) is 82.3 Å². The molecule has 0 saturated carbocycles. The fourth-order valence-corrected chi connectivity index (χ4v) is 5.32. The van der Waals surface area contributed by atoms with Crippen molar-refractivity contribution in [2.24, 2.45) is 0 Å². The predicted molar refractivity (Wildman–Crippen MR) is 165 cm³/mol. The number of hydrogen-bond acceptors (Lipinski definition) is 6. The molecule has 2 aromatic heterocycles. The Labute approximate surface area is 239 Å². The number of nitrogen functional groups attached to an aromatic ring is 1. The van der Waals surface area contributed by atoms with E-state index in [9.17, 15) is 0 Å². The summed E-state index contributed by atoms with van der Waals surface area (Å²) in [6.45, 7) is 0. The number of methoxy groups -OCH3 is 2. The third-order valence-electron chi connectivity index (χ3n) is 7.31. The van der Waals surface area contributed by atoms with Gasteiger partial charge in [0.2, 0.25) is 0 Å². The number of nitrogens with one attached hydrogen (secondary N) is 1. The minimum absolute atomic E-state index is 0.409. The first-order valence-electron chi connectivity index (χ1n) is 13.3. The van der Waals surface area contributed by atoms with Crippen LogP contribution in [0.5, 0.6) is 11.5 Å². The zero-order chi connectivity index (χ0) is 28.2. The molecule has 0 saturated heterocycles. The lowest BCUT2D eigenvalue weighted by atomic mass is 9.77. The molecule has 0 radical (unpaired) electrons. The smallest absolute Gasteiger partial charge is 0.135 e. The number of ether oxygens (including phenoxy) is 2. The van der Waals surface area contributed by atoms with Gasteiger partial charge in [-0.25, -0.2) is 9.97 Å².